The summed E-state index contributed by atoms with van der Waals surface area (Å²) in [7, 11) is 0. The Morgan fingerprint density at radius 3 is 2.61 bits per heavy atom. The van der Waals surface area contributed by atoms with Gasteiger partial charge in [-0.2, -0.15) is 5.26 Å². The third kappa shape index (κ3) is 3.36. The lowest BCUT2D eigenvalue weighted by Crippen LogP contribution is -1.85. The molecule has 0 bridgehead atoms. The molecule has 0 atom stereocenters. The number of halogens is 1. The maximum Gasteiger partial charge on any atom is 0.134 e. The summed E-state index contributed by atoms with van der Waals surface area (Å²) in [6, 6.07) is 16.5. The molecule has 0 fully saturated rings. The van der Waals surface area contributed by atoms with Crippen LogP contribution in [-0.2, 0) is 0 Å². The number of hydrogen-bond acceptors (Lipinski definition) is 3. The average molecular weight is 320 g/mol. The molecule has 3 aromatic rings. The molecule has 3 rings (SSSR count). The number of nitriles is 1. The van der Waals surface area contributed by atoms with E-state index in [1.165, 1.54) is 29.0 Å². The highest BCUT2D eigenvalue weighted by atomic mass is 32.1. The van der Waals surface area contributed by atoms with Crippen LogP contribution in [0.2, 0.25) is 0 Å². The van der Waals surface area contributed by atoms with Gasteiger partial charge in [-0.15, -0.1) is 11.3 Å². The number of nitrogens with zero attached hydrogens (tertiary/aromatic N) is 2. The fraction of sp³-hybridized carbons (Fsp3) is 0.0526. The second kappa shape index (κ2) is 6.55. The van der Waals surface area contributed by atoms with Crippen LogP contribution in [0.15, 0.2) is 53.9 Å². The van der Waals surface area contributed by atoms with Crippen molar-refractivity contribution in [1.82, 2.24) is 4.98 Å². The molecule has 0 spiro atoms. The second-order valence-electron chi connectivity index (χ2n) is 5.10. The molecule has 2 nitrogen and oxygen atoms in total. The molecule has 2 aromatic carbocycles. The van der Waals surface area contributed by atoms with Crippen molar-refractivity contribution in [2.75, 3.05) is 0 Å². The predicted molar refractivity (Wildman–Crippen MR) is 92.2 cm³/mol. The molecule has 0 saturated heterocycles. The molecule has 0 radical (unpaired) electrons. The van der Waals surface area contributed by atoms with Crippen LogP contribution in [-0.4, -0.2) is 4.98 Å². The summed E-state index contributed by atoms with van der Waals surface area (Å²) in [5.41, 5.74) is 3.75. The Hall–Kier alpha value is -2.77. The zero-order chi connectivity index (χ0) is 16.2. The molecule has 1 heterocycles. The van der Waals surface area contributed by atoms with E-state index in [1.54, 1.807) is 18.2 Å². The van der Waals surface area contributed by atoms with E-state index in [0.717, 1.165) is 11.3 Å². The summed E-state index contributed by atoms with van der Waals surface area (Å²) >= 11 is 1.38. The molecule has 0 aliphatic carbocycles. The molecule has 23 heavy (non-hydrogen) atoms. The summed E-state index contributed by atoms with van der Waals surface area (Å²) in [5.74, 6) is -0.351. The number of rotatable bonds is 3. The lowest BCUT2D eigenvalue weighted by molar-refractivity contribution is 0.625. The Labute approximate surface area is 138 Å². The number of hydrogen-bond donors (Lipinski definition) is 0. The standard InChI is InChI=1S/C19H13FN2S/c1-13-6-8-14(9-7-13)18-12-23-19(22-18)16(11-21)10-15-4-2-3-5-17(15)20/h2-10,12H,1H3/b16-10-. The maximum absolute atomic E-state index is 13.7. The largest absolute Gasteiger partial charge is 0.235 e. The van der Waals surface area contributed by atoms with Gasteiger partial charge in [-0.05, 0) is 19.1 Å². The summed E-state index contributed by atoms with van der Waals surface area (Å²) in [6.45, 7) is 2.03. The summed E-state index contributed by atoms with van der Waals surface area (Å²) in [5, 5.41) is 11.9. The van der Waals surface area contributed by atoms with E-state index in [0.29, 0.717) is 16.1 Å². The first kappa shape index (κ1) is 15.1. The molecule has 0 aliphatic rings. The minimum absolute atomic E-state index is 0.351. The van der Waals surface area contributed by atoms with Crippen molar-refractivity contribution in [3.63, 3.8) is 0 Å². The van der Waals surface area contributed by atoms with Crippen LogP contribution in [0.25, 0.3) is 22.9 Å². The quantitative estimate of drug-likeness (QED) is 0.612. The van der Waals surface area contributed by atoms with Gasteiger partial charge in [-0.25, -0.2) is 9.37 Å². The molecule has 4 heteroatoms. The maximum atomic E-state index is 13.7. The van der Waals surface area contributed by atoms with Crippen molar-refractivity contribution in [1.29, 1.82) is 5.26 Å². The highest BCUT2D eigenvalue weighted by molar-refractivity contribution is 7.11. The topological polar surface area (TPSA) is 36.7 Å². The van der Waals surface area contributed by atoms with Crippen molar-refractivity contribution in [3.05, 3.63) is 75.9 Å². The minimum atomic E-state index is -0.351. The van der Waals surface area contributed by atoms with Gasteiger partial charge in [-0.1, -0.05) is 48.0 Å². The molecule has 0 aliphatic heterocycles. The summed E-state index contributed by atoms with van der Waals surface area (Å²) in [4.78, 5) is 4.51. The van der Waals surface area contributed by atoms with Crippen molar-refractivity contribution in [2.45, 2.75) is 6.92 Å². The average Bonchev–Trinajstić information content (AvgIpc) is 3.04. The predicted octanol–water partition coefficient (Wildman–Crippen LogP) is 5.32. The minimum Gasteiger partial charge on any atom is -0.235 e. The van der Waals surface area contributed by atoms with Crippen molar-refractivity contribution in [3.8, 4) is 17.3 Å². The lowest BCUT2D eigenvalue weighted by atomic mass is 10.1. The Kier molecular flexibility index (Phi) is 4.31. The van der Waals surface area contributed by atoms with Gasteiger partial charge in [0.2, 0.25) is 0 Å². The third-order valence-corrected chi connectivity index (χ3v) is 4.28. The Morgan fingerprint density at radius 2 is 1.91 bits per heavy atom. The molecule has 0 unspecified atom stereocenters. The number of aryl methyl sites for hydroxylation is 1. The first-order valence-electron chi connectivity index (χ1n) is 7.06. The van der Waals surface area contributed by atoms with Gasteiger partial charge in [-0.3, -0.25) is 0 Å². The highest BCUT2D eigenvalue weighted by Gasteiger charge is 2.10. The first-order chi connectivity index (χ1) is 11.2. The van der Waals surface area contributed by atoms with E-state index in [-0.39, 0.29) is 5.82 Å². The van der Waals surface area contributed by atoms with E-state index < -0.39 is 0 Å². The van der Waals surface area contributed by atoms with Gasteiger partial charge in [0.05, 0.1) is 11.3 Å². The number of thiazole rings is 1. The lowest BCUT2D eigenvalue weighted by Gasteiger charge is -1.98. The number of aromatic nitrogens is 1. The van der Waals surface area contributed by atoms with Crippen molar-refractivity contribution < 1.29 is 4.39 Å². The van der Waals surface area contributed by atoms with E-state index in [9.17, 15) is 9.65 Å². The first-order valence-corrected chi connectivity index (χ1v) is 7.94. The zero-order valence-corrected chi connectivity index (χ0v) is 13.3. The molecular formula is C19H13FN2S. The third-order valence-electron chi connectivity index (χ3n) is 3.41. The van der Waals surface area contributed by atoms with Crippen molar-refractivity contribution in [2.24, 2.45) is 0 Å². The normalized spacial score (nSPS) is 11.3. The Bertz CT molecular complexity index is 902. The van der Waals surface area contributed by atoms with Crippen LogP contribution in [0.3, 0.4) is 0 Å². The van der Waals surface area contributed by atoms with Crippen LogP contribution < -0.4 is 0 Å². The molecule has 0 N–H and O–H groups in total. The number of benzene rings is 2. The van der Waals surface area contributed by atoms with Crippen LogP contribution in [0.1, 0.15) is 16.1 Å². The Morgan fingerprint density at radius 1 is 1.17 bits per heavy atom. The number of allylic oxidation sites excluding steroid dienone is 1. The van der Waals surface area contributed by atoms with Crippen LogP contribution >= 0.6 is 11.3 Å². The molecule has 112 valence electrons. The van der Waals surface area contributed by atoms with Gasteiger partial charge >= 0.3 is 0 Å². The van der Waals surface area contributed by atoms with Gasteiger partial charge in [0.1, 0.15) is 16.9 Å². The SMILES string of the molecule is Cc1ccc(-c2csc(/C(C#N)=C\c3ccccc3F)n2)cc1. The fourth-order valence-electron chi connectivity index (χ4n) is 2.14. The van der Waals surface area contributed by atoms with Gasteiger partial charge in [0, 0.05) is 16.5 Å². The van der Waals surface area contributed by atoms with E-state index >= 15 is 0 Å². The second-order valence-corrected chi connectivity index (χ2v) is 5.95. The summed E-state index contributed by atoms with van der Waals surface area (Å²) < 4.78 is 13.7. The fourth-order valence-corrected chi connectivity index (χ4v) is 2.94. The molecular weight excluding hydrogens is 307 g/mol. The van der Waals surface area contributed by atoms with Gasteiger partial charge < -0.3 is 0 Å². The summed E-state index contributed by atoms with van der Waals surface area (Å²) in [6.07, 6.45) is 1.53. The molecule has 0 saturated carbocycles. The van der Waals surface area contributed by atoms with Gasteiger partial charge in [0.15, 0.2) is 0 Å². The van der Waals surface area contributed by atoms with Crippen molar-refractivity contribution >= 4 is 23.0 Å². The molecule has 1 aromatic heterocycles. The van der Waals surface area contributed by atoms with E-state index in [2.05, 4.69) is 11.1 Å². The van der Waals surface area contributed by atoms with E-state index in [4.69, 9.17) is 0 Å². The van der Waals surface area contributed by atoms with Crippen LogP contribution in [0.5, 0.6) is 0 Å². The molecule has 0 amide bonds. The Balaban J connectivity index is 1.96. The van der Waals surface area contributed by atoms with E-state index in [1.807, 2.05) is 36.6 Å². The highest BCUT2D eigenvalue weighted by Crippen LogP contribution is 2.27. The van der Waals surface area contributed by atoms with Crippen LogP contribution in [0, 0.1) is 24.1 Å². The monoisotopic (exact) mass is 320 g/mol. The zero-order valence-electron chi connectivity index (χ0n) is 12.5. The van der Waals surface area contributed by atoms with Crippen LogP contribution in [0.4, 0.5) is 4.39 Å². The smallest absolute Gasteiger partial charge is 0.134 e. The van der Waals surface area contributed by atoms with Gasteiger partial charge in [0.25, 0.3) is 0 Å².